The second-order valence-corrected chi connectivity index (χ2v) is 10.5. The smallest absolute Gasteiger partial charge is 0.325 e. The number of rotatable bonds is 5. The number of halogens is 2. The summed E-state index contributed by atoms with van der Waals surface area (Å²) in [5.74, 6) is 1.46. The van der Waals surface area contributed by atoms with Crippen LogP contribution in [0.15, 0.2) is 63.2 Å². The minimum atomic E-state index is -4.06. The van der Waals surface area contributed by atoms with E-state index >= 15 is 0 Å². The fourth-order valence-corrected chi connectivity index (χ4v) is 6.12. The Bertz CT molecular complexity index is 1050. The fraction of sp³-hybridized carbons (Fsp3) is 0.286. The molecule has 9 heteroatoms. The third-order valence-electron chi connectivity index (χ3n) is 4.93. The van der Waals surface area contributed by atoms with Crippen molar-refractivity contribution < 1.29 is 18.3 Å². The molecule has 0 saturated carbocycles. The summed E-state index contributed by atoms with van der Waals surface area (Å²) >= 11 is 7.36. The number of carboxylic acid groups (broad SMARTS) is 1. The standard InChI is InChI=1S/C21H20ClNO4S2.ClH/c1-2-13-23-14-11-21(12-15-23,20(24)25)29(26,27)19-9-7-18(8-10-19)28-17-5-3-16(22)4-6-17;/h3-10H,11-12,14-15H2,1H3,(H,24,25);1H. The number of hydrogen-bond acceptors (Lipinski definition) is 5. The van der Waals surface area contributed by atoms with E-state index in [4.69, 9.17) is 11.6 Å². The molecule has 1 aliphatic heterocycles. The molecule has 0 aromatic heterocycles. The summed E-state index contributed by atoms with van der Waals surface area (Å²) in [5, 5.41) is 10.5. The summed E-state index contributed by atoms with van der Waals surface area (Å²) < 4.78 is 24.7. The van der Waals surface area contributed by atoms with Gasteiger partial charge in [-0.1, -0.05) is 29.3 Å². The number of nitrogens with zero attached hydrogens (tertiary/aromatic N) is 1. The van der Waals surface area contributed by atoms with Crippen LogP contribution in [0, 0.1) is 12.0 Å². The molecule has 1 fully saturated rings. The minimum absolute atomic E-state index is 0. The number of sulfone groups is 1. The van der Waals surface area contributed by atoms with Gasteiger partial charge < -0.3 is 10.0 Å². The molecule has 1 saturated heterocycles. The Balaban J connectivity index is 0.00000320. The average Bonchev–Trinajstić information content (AvgIpc) is 2.71. The number of carboxylic acids is 1. The summed E-state index contributed by atoms with van der Waals surface area (Å²) in [6.07, 6.45) is 0.00124. The van der Waals surface area contributed by atoms with Gasteiger partial charge in [-0.15, -0.1) is 12.4 Å². The molecule has 1 N–H and O–H groups in total. The van der Waals surface area contributed by atoms with Gasteiger partial charge in [0.2, 0.25) is 0 Å². The highest BCUT2D eigenvalue weighted by atomic mass is 35.5. The number of benzene rings is 2. The molecule has 0 unspecified atom stereocenters. The van der Waals surface area contributed by atoms with Crippen LogP contribution in [0.2, 0.25) is 5.02 Å². The molecule has 160 valence electrons. The van der Waals surface area contributed by atoms with Crippen molar-refractivity contribution in [2.75, 3.05) is 13.1 Å². The highest BCUT2D eigenvalue weighted by molar-refractivity contribution is 7.99. The molecule has 0 amide bonds. The number of likely N-dealkylation sites (tertiary alicyclic amines) is 1. The highest BCUT2D eigenvalue weighted by Gasteiger charge is 2.53. The van der Waals surface area contributed by atoms with E-state index in [2.05, 4.69) is 12.0 Å². The van der Waals surface area contributed by atoms with Crippen molar-refractivity contribution in [3.63, 3.8) is 0 Å². The van der Waals surface area contributed by atoms with Crippen molar-refractivity contribution in [3.8, 4) is 12.0 Å². The van der Waals surface area contributed by atoms with Gasteiger partial charge in [-0.25, -0.2) is 8.42 Å². The van der Waals surface area contributed by atoms with Crippen LogP contribution in [-0.2, 0) is 14.6 Å². The largest absolute Gasteiger partial charge is 0.480 e. The molecule has 0 atom stereocenters. The van der Waals surface area contributed by atoms with Gasteiger partial charge in [0.15, 0.2) is 14.6 Å². The van der Waals surface area contributed by atoms with Crippen molar-refractivity contribution in [2.24, 2.45) is 0 Å². The average molecular weight is 486 g/mol. The quantitative estimate of drug-likeness (QED) is 0.624. The van der Waals surface area contributed by atoms with E-state index in [1.807, 2.05) is 12.1 Å². The Hall–Kier alpha value is -1.85. The summed E-state index contributed by atoms with van der Waals surface area (Å²) in [6.45, 7) is 2.30. The number of hydrogen-bond donors (Lipinski definition) is 1. The van der Waals surface area contributed by atoms with Crippen LogP contribution < -0.4 is 0 Å². The zero-order chi connectivity index (χ0) is 21.1. The minimum Gasteiger partial charge on any atom is -0.480 e. The fourth-order valence-electron chi connectivity index (χ4n) is 3.29. The second kappa shape index (κ2) is 9.97. The van der Waals surface area contributed by atoms with E-state index in [1.165, 1.54) is 23.9 Å². The molecule has 0 radical (unpaired) electrons. The lowest BCUT2D eigenvalue weighted by Crippen LogP contribution is -2.53. The molecule has 30 heavy (non-hydrogen) atoms. The van der Waals surface area contributed by atoms with E-state index in [0.29, 0.717) is 18.1 Å². The van der Waals surface area contributed by atoms with Gasteiger partial charge in [-0.05, 0) is 68.3 Å². The van der Waals surface area contributed by atoms with E-state index < -0.39 is 20.6 Å². The zero-order valence-corrected chi connectivity index (χ0v) is 19.4. The molecule has 2 aromatic carbocycles. The van der Waals surface area contributed by atoms with Crippen LogP contribution in [0.25, 0.3) is 0 Å². The first-order chi connectivity index (χ1) is 13.8. The number of aliphatic carboxylic acids is 1. The molecule has 3 rings (SSSR count). The van der Waals surface area contributed by atoms with Gasteiger partial charge in [0.1, 0.15) is 0 Å². The van der Waals surface area contributed by atoms with Gasteiger partial charge in [0, 0.05) is 33.9 Å². The summed E-state index contributed by atoms with van der Waals surface area (Å²) in [6, 6.07) is 16.6. The topological polar surface area (TPSA) is 74.7 Å². The monoisotopic (exact) mass is 485 g/mol. The van der Waals surface area contributed by atoms with Crippen molar-refractivity contribution in [3.05, 3.63) is 53.6 Å². The van der Waals surface area contributed by atoms with Gasteiger partial charge >= 0.3 is 5.97 Å². The molecule has 0 spiro atoms. The summed E-state index contributed by atoms with van der Waals surface area (Å²) in [4.78, 5) is 15.7. The maximum Gasteiger partial charge on any atom is 0.325 e. The van der Waals surface area contributed by atoms with Crippen molar-refractivity contribution in [1.82, 2.24) is 4.90 Å². The third kappa shape index (κ3) is 4.89. The maximum atomic E-state index is 13.3. The van der Waals surface area contributed by atoms with Gasteiger partial charge in [0.05, 0.1) is 4.90 Å². The van der Waals surface area contributed by atoms with Crippen molar-refractivity contribution in [1.29, 1.82) is 0 Å². The van der Waals surface area contributed by atoms with Crippen LogP contribution in [-0.4, -0.2) is 42.2 Å². The lowest BCUT2D eigenvalue weighted by molar-refractivity contribution is -0.141. The van der Waals surface area contributed by atoms with E-state index in [1.54, 1.807) is 36.1 Å². The van der Waals surface area contributed by atoms with Crippen molar-refractivity contribution >= 4 is 51.6 Å². The van der Waals surface area contributed by atoms with Crippen LogP contribution >= 0.6 is 35.8 Å². The first-order valence-electron chi connectivity index (χ1n) is 8.97. The van der Waals surface area contributed by atoms with Crippen LogP contribution in [0.3, 0.4) is 0 Å². The normalized spacial score (nSPS) is 15.5. The Labute approximate surface area is 192 Å². The zero-order valence-electron chi connectivity index (χ0n) is 16.2. The molecule has 1 aliphatic rings. The number of piperidine rings is 1. The SMILES string of the molecule is CC#CN1CCC(C(=O)O)(S(=O)(=O)c2ccc(Sc3ccc(Cl)cc3)cc2)CC1.Cl. The van der Waals surface area contributed by atoms with Gasteiger partial charge in [0.25, 0.3) is 0 Å². The Kier molecular flexibility index (Phi) is 8.12. The predicted octanol–water partition coefficient (Wildman–Crippen LogP) is 4.59. The Morgan fingerprint density at radius 3 is 2.03 bits per heavy atom. The molecule has 0 bridgehead atoms. The lowest BCUT2D eigenvalue weighted by Gasteiger charge is -2.36. The van der Waals surface area contributed by atoms with Crippen molar-refractivity contribution in [2.45, 2.75) is 39.2 Å². The second-order valence-electron chi connectivity index (χ2n) is 6.68. The van der Waals surface area contributed by atoms with Crippen LogP contribution in [0.5, 0.6) is 0 Å². The summed E-state index contributed by atoms with van der Waals surface area (Å²) in [7, 11) is -4.06. The molecular formula is C21H21Cl2NO4S2. The molecular weight excluding hydrogens is 465 g/mol. The summed E-state index contributed by atoms with van der Waals surface area (Å²) in [5.41, 5.74) is 0. The van der Waals surface area contributed by atoms with Gasteiger partial charge in [-0.2, -0.15) is 0 Å². The van der Waals surface area contributed by atoms with Crippen LogP contribution in [0.1, 0.15) is 19.8 Å². The van der Waals surface area contributed by atoms with E-state index in [-0.39, 0.29) is 30.1 Å². The first-order valence-corrected chi connectivity index (χ1v) is 11.7. The maximum absolute atomic E-state index is 13.3. The van der Waals surface area contributed by atoms with E-state index in [9.17, 15) is 18.3 Å². The lowest BCUT2D eigenvalue weighted by atomic mass is 9.96. The Morgan fingerprint density at radius 2 is 1.57 bits per heavy atom. The van der Waals surface area contributed by atoms with Gasteiger partial charge in [-0.3, -0.25) is 4.79 Å². The molecule has 1 heterocycles. The molecule has 2 aromatic rings. The highest BCUT2D eigenvalue weighted by Crippen LogP contribution is 2.37. The Morgan fingerprint density at radius 1 is 1.07 bits per heavy atom. The first kappa shape index (κ1) is 24.4. The number of carbonyl (C=O) groups is 1. The third-order valence-corrected chi connectivity index (χ3v) is 8.70. The molecule has 5 nitrogen and oxygen atoms in total. The predicted molar refractivity (Wildman–Crippen MR) is 121 cm³/mol. The molecule has 0 aliphatic carbocycles. The van der Waals surface area contributed by atoms with E-state index in [0.717, 1.165) is 9.79 Å². The van der Waals surface area contributed by atoms with Crippen LogP contribution in [0.4, 0.5) is 0 Å².